The average molecular weight is 297 g/mol. The van der Waals surface area contributed by atoms with Gasteiger partial charge in [0.1, 0.15) is 12.6 Å². The third-order valence-corrected chi connectivity index (χ3v) is 3.70. The molecule has 1 saturated carbocycles. The molecule has 1 fully saturated rings. The van der Waals surface area contributed by atoms with Crippen molar-refractivity contribution in [2.45, 2.75) is 38.0 Å². The van der Waals surface area contributed by atoms with E-state index in [4.69, 9.17) is 9.47 Å². The summed E-state index contributed by atoms with van der Waals surface area (Å²) in [5.74, 6) is -0.484. The lowest BCUT2D eigenvalue weighted by Crippen LogP contribution is -2.52. The number of hydrogen-bond acceptors (Lipinski definition) is 3. The Hall–Kier alpha value is -1.66. The summed E-state index contributed by atoms with van der Waals surface area (Å²) in [4.78, 5) is 12.9. The molecule has 1 aliphatic rings. The molecule has 0 aliphatic heterocycles. The second kappa shape index (κ2) is 6.41. The van der Waals surface area contributed by atoms with E-state index < -0.39 is 17.6 Å². The van der Waals surface area contributed by atoms with E-state index in [-0.39, 0.29) is 18.4 Å². The first-order valence-corrected chi connectivity index (χ1v) is 6.97. The first-order chi connectivity index (χ1) is 10.1. The van der Waals surface area contributed by atoms with Crippen molar-refractivity contribution in [1.82, 2.24) is 4.90 Å². The van der Waals surface area contributed by atoms with Crippen LogP contribution in [0.25, 0.3) is 0 Å². The minimum atomic E-state index is -1.37. The molecule has 1 aromatic carbocycles. The maximum Gasteiger partial charge on any atom is 0.410 e. The number of benzene rings is 1. The van der Waals surface area contributed by atoms with Gasteiger partial charge in [-0.05, 0) is 25.3 Å². The second-order valence-electron chi connectivity index (χ2n) is 5.05. The first kappa shape index (κ1) is 15.7. The van der Waals surface area contributed by atoms with Crippen LogP contribution < -0.4 is 0 Å². The molecule has 0 saturated heterocycles. The van der Waals surface area contributed by atoms with Crippen LogP contribution in [0.2, 0.25) is 0 Å². The molecule has 1 amide bonds. The lowest BCUT2D eigenvalue weighted by molar-refractivity contribution is -0.206. The number of ether oxygens (including phenoxy) is 2. The van der Waals surface area contributed by atoms with E-state index in [9.17, 15) is 14.3 Å². The highest BCUT2D eigenvalue weighted by atomic mass is 19.1. The van der Waals surface area contributed by atoms with Crippen molar-refractivity contribution in [1.29, 1.82) is 0 Å². The number of amides is 1. The Kier molecular flexibility index (Phi) is 4.80. The van der Waals surface area contributed by atoms with Gasteiger partial charge in [-0.15, -0.1) is 0 Å². The number of nitrogens with zero attached hydrogens (tertiary/aromatic N) is 1. The molecule has 0 heterocycles. The highest BCUT2D eigenvalue weighted by Crippen LogP contribution is 2.42. The van der Waals surface area contributed by atoms with Crippen molar-refractivity contribution in [3.8, 4) is 0 Å². The summed E-state index contributed by atoms with van der Waals surface area (Å²) in [6.45, 7) is 1.67. The number of halogens is 1. The first-order valence-electron chi connectivity index (χ1n) is 6.97. The van der Waals surface area contributed by atoms with E-state index in [0.29, 0.717) is 6.42 Å². The van der Waals surface area contributed by atoms with Gasteiger partial charge in [0.05, 0.1) is 0 Å². The molecule has 6 heteroatoms. The molecule has 1 atom stereocenters. The maximum atomic E-state index is 14.3. The normalized spacial score (nSPS) is 17.3. The summed E-state index contributed by atoms with van der Waals surface area (Å²) in [5, 5.41) is 9.58. The molecule has 21 heavy (non-hydrogen) atoms. The Balaban J connectivity index is 2.51. The van der Waals surface area contributed by atoms with Crippen LogP contribution in [0.3, 0.4) is 0 Å². The largest absolute Gasteiger partial charge is 0.465 e. The van der Waals surface area contributed by atoms with Gasteiger partial charge in [0.15, 0.2) is 5.72 Å². The van der Waals surface area contributed by atoms with Gasteiger partial charge in [-0.1, -0.05) is 25.1 Å². The Labute approximate surface area is 123 Å². The SMILES string of the molecule is CC[C@@](OCOC)(c1ccccc1F)N(C(=O)O)C1CC1. The third-order valence-electron chi connectivity index (χ3n) is 3.70. The minimum Gasteiger partial charge on any atom is -0.465 e. The smallest absolute Gasteiger partial charge is 0.410 e. The number of carboxylic acid groups (broad SMARTS) is 1. The van der Waals surface area contributed by atoms with E-state index in [1.54, 1.807) is 25.1 Å². The van der Waals surface area contributed by atoms with E-state index in [0.717, 1.165) is 12.8 Å². The lowest BCUT2D eigenvalue weighted by atomic mass is 9.97. The quantitative estimate of drug-likeness (QED) is 0.785. The average Bonchev–Trinajstić information content (AvgIpc) is 3.28. The van der Waals surface area contributed by atoms with Crippen molar-refractivity contribution in [2.24, 2.45) is 0 Å². The minimum absolute atomic E-state index is 0.112. The molecule has 0 spiro atoms. The number of carbonyl (C=O) groups is 1. The zero-order valence-electron chi connectivity index (χ0n) is 12.2. The summed E-state index contributed by atoms with van der Waals surface area (Å²) in [6.07, 6.45) is 0.705. The molecule has 0 radical (unpaired) electrons. The molecule has 1 aromatic rings. The van der Waals surface area contributed by atoms with Crippen molar-refractivity contribution in [3.05, 3.63) is 35.6 Å². The number of hydrogen-bond donors (Lipinski definition) is 1. The lowest BCUT2D eigenvalue weighted by Gasteiger charge is -2.42. The van der Waals surface area contributed by atoms with Crippen LogP contribution >= 0.6 is 0 Å². The monoisotopic (exact) mass is 297 g/mol. The Morgan fingerprint density at radius 1 is 1.48 bits per heavy atom. The molecule has 1 aliphatic carbocycles. The predicted octanol–water partition coefficient (Wildman–Crippen LogP) is 3.15. The van der Waals surface area contributed by atoms with Crippen LogP contribution in [0.5, 0.6) is 0 Å². The molecule has 0 aromatic heterocycles. The summed E-state index contributed by atoms with van der Waals surface area (Å²) >= 11 is 0. The van der Waals surface area contributed by atoms with Gasteiger partial charge in [-0.2, -0.15) is 0 Å². The van der Waals surface area contributed by atoms with Crippen molar-refractivity contribution < 1.29 is 23.8 Å². The van der Waals surface area contributed by atoms with Gasteiger partial charge < -0.3 is 14.6 Å². The summed E-state index contributed by atoms with van der Waals surface area (Å²) < 4.78 is 24.9. The van der Waals surface area contributed by atoms with Gasteiger partial charge in [0.2, 0.25) is 0 Å². The van der Waals surface area contributed by atoms with Crippen molar-refractivity contribution in [3.63, 3.8) is 0 Å². The predicted molar refractivity (Wildman–Crippen MR) is 74.2 cm³/mol. The zero-order chi connectivity index (χ0) is 15.5. The van der Waals surface area contributed by atoms with E-state index >= 15 is 0 Å². The van der Waals surface area contributed by atoms with Crippen LogP contribution in [0.1, 0.15) is 31.7 Å². The molecule has 5 nitrogen and oxygen atoms in total. The van der Waals surface area contributed by atoms with Crippen molar-refractivity contribution in [2.75, 3.05) is 13.9 Å². The Bertz CT molecular complexity index is 506. The van der Waals surface area contributed by atoms with Gasteiger partial charge in [0, 0.05) is 18.7 Å². The summed E-state index contributed by atoms with van der Waals surface area (Å²) in [5.41, 5.74) is -1.15. The van der Waals surface area contributed by atoms with E-state index in [2.05, 4.69) is 0 Å². The van der Waals surface area contributed by atoms with Crippen LogP contribution in [-0.2, 0) is 15.2 Å². The van der Waals surface area contributed by atoms with E-state index in [1.165, 1.54) is 18.1 Å². The van der Waals surface area contributed by atoms with E-state index in [1.807, 2.05) is 0 Å². The van der Waals surface area contributed by atoms with Crippen LogP contribution in [0.4, 0.5) is 9.18 Å². The van der Waals surface area contributed by atoms with Gasteiger partial charge >= 0.3 is 6.09 Å². The fourth-order valence-electron chi connectivity index (χ4n) is 2.61. The molecule has 116 valence electrons. The van der Waals surface area contributed by atoms with Gasteiger partial charge in [-0.3, -0.25) is 4.90 Å². The van der Waals surface area contributed by atoms with Gasteiger partial charge in [0.25, 0.3) is 0 Å². The molecule has 1 N–H and O–H groups in total. The number of rotatable bonds is 7. The highest BCUT2D eigenvalue weighted by molar-refractivity contribution is 5.67. The molecular formula is C15H20FNO4. The Morgan fingerprint density at radius 2 is 2.14 bits per heavy atom. The fraction of sp³-hybridized carbons (Fsp3) is 0.533. The maximum absolute atomic E-state index is 14.3. The Morgan fingerprint density at radius 3 is 2.62 bits per heavy atom. The fourth-order valence-corrected chi connectivity index (χ4v) is 2.61. The molecular weight excluding hydrogens is 277 g/mol. The highest BCUT2D eigenvalue weighted by Gasteiger charge is 2.49. The van der Waals surface area contributed by atoms with Crippen molar-refractivity contribution >= 4 is 6.09 Å². The summed E-state index contributed by atoms with van der Waals surface area (Å²) in [7, 11) is 1.45. The van der Waals surface area contributed by atoms with Crippen LogP contribution in [0, 0.1) is 5.82 Å². The standard InChI is InChI=1S/C15H20FNO4/c1-3-15(21-10-20-2,12-6-4-5-7-13(12)16)17(14(18)19)11-8-9-11/h4-7,11H,3,8-10H2,1-2H3,(H,18,19)/t15-/m1/s1. The van der Waals surface area contributed by atoms with Crippen LogP contribution in [-0.4, -0.2) is 36.0 Å². The third kappa shape index (κ3) is 3.01. The van der Waals surface area contributed by atoms with Crippen LogP contribution in [0.15, 0.2) is 24.3 Å². The molecule has 0 bridgehead atoms. The summed E-state index contributed by atoms with van der Waals surface area (Å²) in [6, 6.07) is 5.97. The zero-order valence-corrected chi connectivity index (χ0v) is 12.2. The molecule has 2 rings (SSSR count). The number of methoxy groups -OCH3 is 1. The molecule has 0 unspecified atom stereocenters. The topological polar surface area (TPSA) is 59.0 Å². The van der Waals surface area contributed by atoms with Gasteiger partial charge in [-0.25, -0.2) is 9.18 Å². The second-order valence-corrected chi connectivity index (χ2v) is 5.05.